The van der Waals surface area contributed by atoms with Gasteiger partial charge in [0.2, 0.25) is 5.95 Å². The molecule has 1 aromatic heterocycles. The Balaban J connectivity index is 2.01. The van der Waals surface area contributed by atoms with Crippen molar-refractivity contribution < 1.29 is 4.74 Å². The minimum atomic E-state index is -0.0932. The Kier molecular flexibility index (Phi) is 3.96. The third kappa shape index (κ3) is 2.66. The molecule has 24 heavy (non-hydrogen) atoms. The highest BCUT2D eigenvalue weighted by Crippen LogP contribution is 2.22. The fourth-order valence-corrected chi connectivity index (χ4v) is 3.13. The molecule has 0 bridgehead atoms. The molecule has 122 valence electrons. The van der Waals surface area contributed by atoms with E-state index >= 15 is 0 Å². The van der Waals surface area contributed by atoms with E-state index in [1.165, 1.54) is 0 Å². The van der Waals surface area contributed by atoms with Gasteiger partial charge in [-0.3, -0.25) is 4.79 Å². The number of para-hydroxylation sites is 1. The molecule has 1 fully saturated rings. The van der Waals surface area contributed by atoms with E-state index in [4.69, 9.17) is 21.3 Å². The average Bonchev–Trinajstić information content (AvgIpc) is 2.62. The average molecular weight is 342 g/mol. The van der Waals surface area contributed by atoms with Gasteiger partial charge >= 0.3 is 0 Å². The van der Waals surface area contributed by atoms with Crippen LogP contribution in [0.5, 0.6) is 0 Å². The van der Waals surface area contributed by atoms with Crippen LogP contribution in [0, 0.1) is 0 Å². The summed E-state index contributed by atoms with van der Waals surface area (Å²) in [5, 5.41) is 1.18. The summed E-state index contributed by atoms with van der Waals surface area (Å²) < 4.78 is 7.06. The van der Waals surface area contributed by atoms with Crippen molar-refractivity contribution in [2.75, 3.05) is 31.2 Å². The molecule has 0 spiro atoms. The summed E-state index contributed by atoms with van der Waals surface area (Å²) in [4.78, 5) is 20.0. The molecular formula is C18H16ClN3O2. The SMILES string of the molecule is O=c1c2ccccc2nc(N2CCOCC2)n1-c1cccc(Cl)c1. The van der Waals surface area contributed by atoms with Crippen molar-refractivity contribution in [2.24, 2.45) is 0 Å². The molecule has 2 aromatic carbocycles. The summed E-state index contributed by atoms with van der Waals surface area (Å²) in [6, 6.07) is 14.7. The summed E-state index contributed by atoms with van der Waals surface area (Å²) in [5.41, 5.74) is 1.32. The van der Waals surface area contributed by atoms with Crippen molar-refractivity contribution in [3.05, 3.63) is 63.9 Å². The number of halogens is 1. The van der Waals surface area contributed by atoms with Crippen LogP contribution < -0.4 is 10.5 Å². The highest BCUT2D eigenvalue weighted by molar-refractivity contribution is 6.30. The summed E-state index contributed by atoms with van der Waals surface area (Å²) in [6.45, 7) is 2.65. The maximum Gasteiger partial charge on any atom is 0.267 e. The second-order valence-electron chi connectivity index (χ2n) is 5.65. The Morgan fingerprint density at radius 1 is 1.04 bits per heavy atom. The van der Waals surface area contributed by atoms with Crippen LogP contribution in [0.1, 0.15) is 0 Å². The van der Waals surface area contributed by atoms with E-state index in [2.05, 4.69) is 4.90 Å². The first-order chi connectivity index (χ1) is 11.7. The van der Waals surface area contributed by atoms with Crippen LogP contribution in [-0.2, 0) is 4.74 Å². The van der Waals surface area contributed by atoms with Crippen molar-refractivity contribution in [1.82, 2.24) is 9.55 Å². The zero-order valence-corrected chi connectivity index (χ0v) is 13.7. The topological polar surface area (TPSA) is 47.4 Å². The maximum atomic E-state index is 13.1. The molecule has 0 amide bonds. The quantitative estimate of drug-likeness (QED) is 0.719. The van der Waals surface area contributed by atoms with Crippen molar-refractivity contribution in [2.45, 2.75) is 0 Å². The number of hydrogen-bond donors (Lipinski definition) is 0. The first-order valence-electron chi connectivity index (χ1n) is 7.84. The molecule has 6 heteroatoms. The Bertz CT molecular complexity index is 948. The van der Waals surface area contributed by atoms with E-state index < -0.39 is 0 Å². The fraction of sp³-hybridized carbons (Fsp3) is 0.222. The molecule has 2 heterocycles. The lowest BCUT2D eigenvalue weighted by atomic mass is 10.2. The molecule has 4 rings (SSSR count). The number of aromatic nitrogens is 2. The molecule has 1 aliphatic rings. The van der Waals surface area contributed by atoms with E-state index in [9.17, 15) is 4.79 Å². The van der Waals surface area contributed by atoms with E-state index in [-0.39, 0.29) is 5.56 Å². The lowest BCUT2D eigenvalue weighted by molar-refractivity contribution is 0.122. The molecule has 1 aliphatic heterocycles. The zero-order valence-electron chi connectivity index (χ0n) is 13.0. The first kappa shape index (κ1) is 15.2. The molecule has 5 nitrogen and oxygen atoms in total. The van der Waals surface area contributed by atoms with Gasteiger partial charge in [0, 0.05) is 18.1 Å². The smallest absolute Gasteiger partial charge is 0.267 e. The minimum absolute atomic E-state index is 0.0932. The van der Waals surface area contributed by atoms with E-state index in [0.29, 0.717) is 53.9 Å². The van der Waals surface area contributed by atoms with Gasteiger partial charge in [0.25, 0.3) is 5.56 Å². The lowest BCUT2D eigenvalue weighted by Gasteiger charge is -2.29. The molecule has 3 aromatic rings. The Morgan fingerprint density at radius 2 is 1.83 bits per heavy atom. The van der Waals surface area contributed by atoms with Gasteiger partial charge in [-0.2, -0.15) is 0 Å². The summed E-state index contributed by atoms with van der Waals surface area (Å²) in [7, 11) is 0. The van der Waals surface area contributed by atoms with Gasteiger partial charge in [0.15, 0.2) is 0 Å². The van der Waals surface area contributed by atoms with Crippen LogP contribution in [0.15, 0.2) is 53.3 Å². The molecule has 0 N–H and O–H groups in total. The van der Waals surface area contributed by atoms with Crippen LogP contribution in [0.2, 0.25) is 5.02 Å². The van der Waals surface area contributed by atoms with Gasteiger partial charge in [-0.1, -0.05) is 29.8 Å². The van der Waals surface area contributed by atoms with Gasteiger partial charge in [0.05, 0.1) is 29.8 Å². The molecule has 0 aliphatic carbocycles. The Morgan fingerprint density at radius 3 is 2.62 bits per heavy atom. The highest BCUT2D eigenvalue weighted by Gasteiger charge is 2.20. The van der Waals surface area contributed by atoms with Gasteiger partial charge in [-0.15, -0.1) is 0 Å². The normalized spacial score (nSPS) is 15.0. The molecule has 1 saturated heterocycles. The summed E-state index contributed by atoms with van der Waals surface area (Å²) in [6.07, 6.45) is 0. The number of benzene rings is 2. The van der Waals surface area contributed by atoms with E-state index in [1.807, 2.05) is 30.3 Å². The first-order valence-corrected chi connectivity index (χ1v) is 8.22. The molecule has 0 atom stereocenters. The number of ether oxygens (including phenoxy) is 1. The van der Waals surface area contributed by atoms with Crippen molar-refractivity contribution in [3.63, 3.8) is 0 Å². The van der Waals surface area contributed by atoms with Gasteiger partial charge in [-0.05, 0) is 30.3 Å². The number of morpholine rings is 1. The predicted molar refractivity (Wildman–Crippen MR) is 95.4 cm³/mol. The minimum Gasteiger partial charge on any atom is -0.378 e. The summed E-state index contributed by atoms with van der Waals surface area (Å²) in [5.74, 6) is 0.629. The second-order valence-corrected chi connectivity index (χ2v) is 6.09. The third-order valence-corrected chi connectivity index (χ3v) is 4.35. The predicted octanol–water partition coefficient (Wildman–Crippen LogP) is 2.88. The fourth-order valence-electron chi connectivity index (χ4n) is 2.94. The Hall–Kier alpha value is -2.37. The largest absolute Gasteiger partial charge is 0.378 e. The number of rotatable bonds is 2. The Labute approximate surface area is 144 Å². The van der Waals surface area contributed by atoms with Crippen LogP contribution in [0.25, 0.3) is 16.6 Å². The van der Waals surface area contributed by atoms with E-state index in [1.54, 1.807) is 22.8 Å². The van der Waals surface area contributed by atoms with Crippen LogP contribution in [0.4, 0.5) is 5.95 Å². The molecule has 0 unspecified atom stereocenters. The van der Waals surface area contributed by atoms with Crippen molar-refractivity contribution >= 4 is 28.5 Å². The van der Waals surface area contributed by atoms with Gasteiger partial charge < -0.3 is 9.64 Å². The molecule has 0 radical (unpaired) electrons. The lowest BCUT2D eigenvalue weighted by Crippen LogP contribution is -2.40. The zero-order chi connectivity index (χ0) is 16.5. The van der Waals surface area contributed by atoms with Crippen LogP contribution in [-0.4, -0.2) is 35.9 Å². The van der Waals surface area contributed by atoms with Crippen LogP contribution in [0.3, 0.4) is 0 Å². The maximum absolute atomic E-state index is 13.1. The van der Waals surface area contributed by atoms with Crippen molar-refractivity contribution in [3.8, 4) is 5.69 Å². The third-order valence-electron chi connectivity index (χ3n) is 4.12. The number of anilines is 1. The van der Waals surface area contributed by atoms with Crippen LogP contribution >= 0.6 is 11.6 Å². The molecule has 0 saturated carbocycles. The number of hydrogen-bond acceptors (Lipinski definition) is 4. The van der Waals surface area contributed by atoms with E-state index in [0.717, 1.165) is 0 Å². The number of nitrogens with zero attached hydrogens (tertiary/aromatic N) is 3. The standard InChI is InChI=1S/C18H16ClN3O2/c19-13-4-3-5-14(12-13)22-17(23)15-6-1-2-7-16(15)20-18(22)21-8-10-24-11-9-21/h1-7,12H,8-11H2. The number of fused-ring (bicyclic) bond motifs is 1. The molecular weight excluding hydrogens is 326 g/mol. The highest BCUT2D eigenvalue weighted by atomic mass is 35.5. The van der Waals surface area contributed by atoms with Gasteiger partial charge in [-0.25, -0.2) is 9.55 Å². The monoisotopic (exact) mass is 341 g/mol. The van der Waals surface area contributed by atoms with Crippen molar-refractivity contribution in [1.29, 1.82) is 0 Å². The summed E-state index contributed by atoms with van der Waals surface area (Å²) >= 11 is 6.13. The second kappa shape index (κ2) is 6.26. The van der Waals surface area contributed by atoms with Gasteiger partial charge in [0.1, 0.15) is 0 Å².